The second-order valence-corrected chi connectivity index (χ2v) is 7.13. The van der Waals surface area contributed by atoms with Crippen LogP contribution in [0.5, 0.6) is 0 Å². The summed E-state index contributed by atoms with van der Waals surface area (Å²) in [6, 6.07) is 10.8. The number of nitrogens with one attached hydrogen (secondary N) is 1. The third kappa shape index (κ3) is 4.35. The molecule has 1 amide bonds. The largest absolute Gasteiger partial charge is 0.453 e. The molecule has 0 unspecified atom stereocenters. The quantitative estimate of drug-likeness (QED) is 0.700. The van der Waals surface area contributed by atoms with E-state index >= 15 is 0 Å². The molecule has 0 aliphatic carbocycles. The standard InChI is InChI=1S/C19H20F3N7O/c1-13(30)23-15-4-2-3-14(11-15)12-27-7-9-28(10-8-27)17-6-5-16-24-25-18(19(20,21)22)29(16)26-17/h2-6,11H,7-10,12H2,1H3,(H,23,30). The molecule has 2 aromatic heterocycles. The lowest BCUT2D eigenvalue weighted by Gasteiger charge is -2.35. The van der Waals surface area contributed by atoms with E-state index in [9.17, 15) is 18.0 Å². The Hall–Kier alpha value is -3.21. The molecule has 11 heteroatoms. The predicted molar refractivity (Wildman–Crippen MR) is 104 cm³/mol. The van der Waals surface area contributed by atoms with Crippen LogP contribution in [0, 0.1) is 0 Å². The molecule has 1 N–H and O–H groups in total. The first-order valence-corrected chi connectivity index (χ1v) is 9.43. The van der Waals surface area contributed by atoms with Crippen molar-refractivity contribution >= 4 is 23.1 Å². The number of hydrogen-bond acceptors (Lipinski definition) is 6. The van der Waals surface area contributed by atoms with Crippen molar-refractivity contribution in [2.45, 2.75) is 19.6 Å². The van der Waals surface area contributed by atoms with Gasteiger partial charge in [0.15, 0.2) is 5.65 Å². The summed E-state index contributed by atoms with van der Waals surface area (Å²) in [6.45, 7) is 4.92. The maximum absolute atomic E-state index is 13.1. The Bertz CT molecular complexity index is 1060. The number of rotatable bonds is 4. The predicted octanol–water partition coefficient (Wildman–Crippen LogP) is 2.42. The minimum absolute atomic E-state index is 0.0590. The van der Waals surface area contributed by atoms with Crippen molar-refractivity contribution < 1.29 is 18.0 Å². The first-order chi connectivity index (χ1) is 14.3. The molecular formula is C19H20F3N7O. The molecule has 1 saturated heterocycles. The SMILES string of the molecule is CC(=O)Nc1cccc(CN2CCN(c3ccc4nnc(C(F)(F)F)n4n3)CC2)c1. The number of anilines is 2. The van der Waals surface area contributed by atoms with E-state index < -0.39 is 12.0 Å². The average molecular weight is 419 g/mol. The fourth-order valence-electron chi connectivity index (χ4n) is 3.47. The van der Waals surface area contributed by atoms with Crippen LogP contribution in [0.4, 0.5) is 24.7 Å². The fraction of sp³-hybridized carbons (Fsp3) is 0.368. The maximum Gasteiger partial charge on any atom is 0.453 e. The summed E-state index contributed by atoms with van der Waals surface area (Å²) in [5, 5.41) is 13.6. The van der Waals surface area contributed by atoms with Crippen LogP contribution < -0.4 is 10.2 Å². The van der Waals surface area contributed by atoms with Crippen LogP contribution in [0.1, 0.15) is 18.3 Å². The number of carbonyl (C=O) groups excluding carboxylic acids is 1. The van der Waals surface area contributed by atoms with Gasteiger partial charge in [-0.2, -0.15) is 17.7 Å². The van der Waals surface area contributed by atoms with Gasteiger partial charge in [-0.25, -0.2) is 0 Å². The summed E-state index contributed by atoms with van der Waals surface area (Å²) in [5.41, 5.74) is 1.89. The van der Waals surface area contributed by atoms with Crippen LogP contribution >= 0.6 is 0 Å². The Morgan fingerprint density at radius 1 is 1.10 bits per heavy atom. The van der Waals surface area contributed by atoms with Crippen LogP contribution in [0.25, 0.3) is 5.65 Å². The normalized spacial score (nSPS) is 15.5. The number of amides is 1. The Labute approximate surface area is 170 Å². The van der Waals surface area contributed by atoms with Gasteiger partial charge in [0.2, 0.25) is 5.91 Å². The van der Waals surface area contributed by atoms with Gasteiger partial charge >= 0.3 is 6.18 Å². The number of alkyl halides is 3. The molecule has 3 heterocycles. The number of fused-ring (bicyclic) bond motifs is 1. The lowest BCUT2D eigenvalue weighted by atomic mass is 10.1. The molecule has 0 saturated carbocycles. The van der Waals surface area contributed by atoms with Gasteiger partial charge in [-0.15, -0.1) is 15.3 Å². The zero-order valence-corrected chi connectivity index (χ0v) is 16.2. The lowest BCUT2D eigenvalue weighted by Crippen LogP contribution is -2.46. The van der Waals surface area contributed by atoms with Crippen LogP contribution in [-0.4, -0.2) is 56.8 Å². The molecule has 3 aromatic rings. The average Bonchev–Trinajstić information content (AvgIpc) is 3.12. The summed E-state index contributed by atoms with van der Waals surface area (Å²) in [4.78, 5) is 15.4. The molecule has 8 nitrogen and oxygen atoms in total. The van der Waals surface area contributed by atoms with Crippen LogP contribution in [0.15, 0.2) is 36.4 Å². The van der Waals surface area contributed by atoms with E-state index in [2.05, 4.69) is 25.5 Å². The molecule has 30 heavy (non-hydrogen) atoms. The van der Waals surface area contributed by atoms with Gasteiger partial charge in [-0.05, 0) is 29.8 Å². The van der Waals surface area contributed by atoms with E-state index in [4.69, 9.17) is 0 Å². The number of halogens is 3. The second kappa shape index (κ2) is 7.90. The van der Waals surface area contributed by atoms with Gasteiger partial charge in [-0.3, -0.25) is 9.69 Å². The summed E-state index contributed by atoms with van der Waals surface area (Å²) in [7, 11) is 0. The molecule has 0 atom stereocenters. The van der Waals surface area contributed by atoms with Crippen LogP contribution in [0.2, 0.25) is 0 Å². The minimum Gasteiger partial charge on any atom is -0.353 e. The summed E-state index contributed by atoms with van der Waals surface area (Å²) < 4.78 is 40.0. The summed E-state index contributed by atoms with van der Waals surface area (Å²) in [6.07, 6.45) is -4.62. The maximum atomic E-state index is 13.1. The van der Waals surface area contributed by atoms with E-state index in [0.717, 1.165) is 35.4 Å². The second-order valence-electron chi connectivity index (χ2n) is 7.13. The highest BCUT2D eigenvalue weighted by molar-refractivity contribution is 5.88. The highest BCUT2D eigenvalue weighted by Crippen LogP contribution is 2.28. The Morgan fingerprint density at radius 3 is 2.57 bits per heavy atom. The van der Waals surface area contributed by atoms with Crippen molar-refractivity contribution in [1.82, 2.24) is 24.7 Å². The number of nitrogens with zero attached hydrogens (tertiary/aromatic N) is 6. The van der Waals surface area contributed by atoms with Crippen LogP contribution in [0.3, 0.4) is 0 Å². The van der Waals surface area contributed by atoms with Crippen molar-refractivity contribution in [3.8, 4) is 0 Å². The lowest BCUT2D eigenvalue weighted by molar-refractivity contribution is -0.146. The fourth-order valence-corrected chi connectivity index (χ4v) is 3.47. The number of carbonyl (C=O) groups is 1. The van der Waals surface area contributed by atoms with E-state index in [1.54, 1.807) is 6.07 Å². The van der Waals surface area contributed by atoms with Gasteiger partial charge in [0.05, 0.1) is 0 Å². The van der Waals surface area contributed by atoms with Gasteiger partial charge in [0.1, 0.15) is 5.82 Å². The van der Waals surface area contributed by atoms with E-state index in [-0.39, 0.29) is 11.6 Å². The van der Waals surface area contributed by atoms with Crippen molar-refractivity contribution in [3.63, 3.8) is 0 Å². The monoisotopic (exact) mass is 419 g/mol. The molecule has 4 rings (SSSR count). The third-order valence-corrected chi connectivity index (χ3v) is 4.85. The minimum atomic E-state index is -4.62. The Morgan fingerprint density at radius 2 is 1.87 bits per heavy atom. The molecule has 1 aliphatic heterocycles. The zero-order chi connectivity index (χ0) is 21.3. The number of benzene rings is 1. The molecule has 1 fully saturated rings. The van der Waals surface area contributed by atoms with Crippen molar-refractivity contribution in [2.24, 2.45) is 0 Å². The van der Waals surface area contributed by atoms with Crippen LogP contribution in [-0.2, 0) is 17.5 Å². The van der Waals surface area contributed by atoms with Gasteiger partial charge in [0, 0.05) is 45.3 Å². The topological polar surface area (TPSA) is 78.7 Å². The Balaban J connectivity index is 1.42. The zero-order valence-electron chi connectivity index (χ0n) is 16.2. The molecule has 1 aliphatic rings. The molecular weight excluding hydrogens is 399 g/mol. The highest BCUT2D eigenvalue weighted by atomic mass is 19.4. The first-order valence-electron chi connectivity index (χ1n) is 9.43. The van der Waals surface area contributed by atoms with Crippen molar-refractivity contribution in [3.05, 3.63) is 47.8 Å². The van der Waals surface area contributed by atoms with E-state index in [0.29, 0.717) is 18.9 Å². The highest BCUT2D eigenvalue weighted by Gasteiger charge is 2.37. The van der Waals surface area contributed by atoms with Crippen molar-refractivity contribution in [1.29, 1.82) is 0 Å². The molecule has 0 spiro atoms. The third-order valence-electron chi connectivity index (χ3n) is 4.85. The first kappa shape index (κ1) is 20.1. The van der Waals surface area contributed by atoms with E-state index in [1.165, 1.54) is 13.0 Å². The molecule has 1 aromatic carbocycles. The number of hydrogen-bond donors (Lipinski definition) is 1. The Kier molecular flexibility index (Phi) is 5.29. The smallest absolute Gasteiger partial charge is 0.353 e. The van der Waals surface area contributed by atoms with Gasteiger partial charge in [-0.1, -0.05) is 12.1 Å². The van der Waals surface area contributed by atoms with Gasteiger partial charge < -0.3 is 10.2 Å². The number of aromatic nitrogens is 4. The summed E-state index contributed by atoms with van der Waals surface area (Å²) >= 11 is 0. The molecule has 158 valence electrons. The number of piperazine rings is 1. The van der Waals surface area contributed by atoms with E-state index in [1.807, 2.05) is 29.2 Å². The van der Waals surface area contributed by atoms with Gasteiger partial charge in [0.25, 0.3) is 5.82 Å². The van der Waals surface area contributed by atoms with Crippen molar-refractivity contribution in [2.75, 3.05) is 36.4 Å². The molecule has 0 bridgehead atoms. The summed E-state index contributed by atoms with van der Waals surface area (Å²) in [5.74, 6) is -0.788. The molecule has 0 radical (unpaired) electrons.